The lowest BCUT2D eigenvalue weighted by molar-refractivity contribution is -0.124. The predicted molar refractivity (Wildman–Crippen MR) is 80.8 cm³/mol. The number of benzene rings is 1. The Balaban J connectivity index is 1.66. The Morgan fingerprint density at radius 1 is 1.18 bits per heavy atom. The van der Waals surface area contributed by atoms with E-state index in [0.29, 0.717) is 18.7 Å². The minimum absolute atomic E-state index is 0.291. The summed E-state index contributed by atoms with van der Waals surface area (Å²) < 4.78 is 9.96. The van der Waals surface area contributed by atoms with E-state index in [0.717, 1.165) is 11.3 Å². The highest BCUT2D eigenvalue weighted by Crippen LogP contribution is 2.11. The second-order valence-electron chi connectivity index (χ2n) is 4.61. The Kier molecular flexibility index (Phi) is 5.59. The maximum atomic E-state index is 11.6. The van der Waals surface area contributed by atoms with Gasteiger partial charge in [-0.3, -0.25) is 4.79 Å². The van der Waals surface area contributed by atoms with Crippen LogP contribution in [-0.2, 0) is 16.0 Å². The minimum atomic E-state index is -0.546. The molecule has 0 bridgehead atoms. The zero-order valence-corrected chi connectivity index (χ0v) is 12.3. The third-order valence-electron chi connectivity index (χ3n) is 3.05. The molecule has 1 heterocycles. The highest BCUT2D eigenvalue weighted by atomic mass is 16.5. The molecule has 0 saturated heterocycles. The average molecular weight is 302 g/mol. The summed E-state index contributed by atoms with van der Waals surface area (Å²) in [5.74, 6) is -0.0762. The van der Waals surface area contributed by atoms with E-state index in [1.54, 1.807) is 25.4 Å². The Hall–Kier alpha value is -2.76. The number of ether oxygens (including phenoxy) is 2. The fourth-order valence-electron chi connectivity index (χ4n) is 1.86. The SMILES string of the molecule is COc1ccc(CCNC(=O)COC(=O)c2ccc[nH]2)cc1. The number of methoxy groups -OCH3 is 1. The van der Waals surface area contributed by atoms with Gasteiger partial charge < -0.3 is 19.8 Å². The van der Waals surface area contributed by atoms with Crippen LogP contribution in [0.25, 0.3) is 0 Å². The van der Waals surface area contributed by atoms with Crippen LogP contribution in [-0.4, -0.2) is 37.1 Å². The van der Waals surface area contributed by atoms with Crippen LogP contribution < -0.4 is 10.1 Å². The lowest BCUT2D eigenvalue weighted by Gasteiger charge is -2.07. The van der Waals surface area contributed by atoms with Gasteiger partial charge in [-0.25, -0.2) is 4.79 Å². The molecule has 6 nitrogen and oxygen atoms in total. The van der Waals surface area contributed by atoms with Crippen molar-refractivity contribution in [2.75, 3.05) is 20.3 Å². The van der Waals surface area contributed by atoms with E-state index in [1.807, 2.05) is 24.3 Å². The number of esters is 1. The van der Waals surface area contributed by atoms with Gasteiger partial charge in [-0.05, 0) is 36.2 Å². The maximum Gasteiger partial charge on any atom is 0.355 e. The smallest absolute Gasteiger partial charge is 0.355 e. The average Bonchev–Trinajstić information content (AvgIpc) is 3.08. The molecule has 1 amide bonds. The van der Waals surface area contributed by atoms with Crippen molar-refractivity contribution >= 4 is 11.9 Å². The molecule has 0 spiro atoms. The molecule has 0 aliphatic rings. The number of rotatable bonds is 7. The lowest BCUT2D eigenvalue weighted by Crippen LogP contribution is -2.30. The molecule has 6 heteroatoms. The topological polar surface area (TPSA) is 80.4 Å². The predicted octanol–water partition coefficient (Wildman–Crippen LogP) is 1.54. The summed E-state index contributed by atoms with van der Waals surface area (Å²) in [6.45, 7) is 0.186. The minimum Gasteiger partial charge on any atom is -0.497 e. The quantitative estimate of drug-likeness (QED) is 0.760. The molecule has 2 N–H and O–H groups in total. The van der Waals surface area contributed by atoms with E-state index in [9.17, 15) is 9.59 Å². The summed E-state index contributed by atoms with van der Waals surface area (Å²) in [6.07, 6.45) is 2.31. The molecule has 1 aromatic carbocycles. The number of carbonyl (C=O) groups is 2. The first-order valence-corrected chi connectivity index (χ1v) is 6.89. The second kappa shape index (κ2) is 7.87. The van der Waals surface area contributed by atoms with Crippen LogP contribution in [0.5, 0.6) is 5.75 Å². The molecule has 0 radical (unpaired) electrons. The number of hydrogen-bond acceptors (Lipinski definition) is 4. The molecule has 116 valence electrons. The highest BCUT2D eigenvalue weighted by molar-refractivity contribution is 5.89. The Morgan fingerprint density at radius 2 is 1.95 bits per heavy atom. The number of hydrogen-bond donors (Lipinski definition) is 2. The van der Waals surface area contributed by atoms with Gasteiger partial charge in [0, 0.05) is 12.7 Å². The Bertz CT molecular complexity index is 606. The fourth-order valence-corrected chi connectivity index (χ4v) is 1.86. The van der Waals surface area contributed by atoms with Crippen molar-refractivity contribution in [2.24, 2.45) is 0 Å². The van der Waals surface area contributed by atoms with Crippen molar-refractivity contribution in [1.29, 1.82) is 0 Å². The summed E-state index contributed by atoms with van der Waals surface area (Å²) in [6, 6.07) is 10.9. The second-order valence-corrected chi connectivity index (χ2v) is 4.61. The van der Waals surface area contributed by atoms with Gasteiger partial charge in [0.2, 0.25) is 0 Å². The van der Waals surface area contributed by atoms with Crippen LogP contribution in [0.2, 0.25) is 0 Å². The number of nitrogens with one attached hydrogen (secondary N) is 2. The van der Waals surface area contributed by atoms with Gasteiger partial charge in [0.1, 0.15) is 11.4 Å². The standard InChI is InChI=1S/C16H18N2O4/c1-21-13-6-4-12(5-7-13)8-10-18-15(19)11-22-16(20)14-3-2-9-17-14/h2-7,9,17H,8,10-11H2,1H3,(H,18,19). The van der Waals surface area contributed by atoms with Crippen LogP contribution >= 0.6 is 0 Å². The Morgan fingerprint density at radius 3 is 2.59 bits per heavy atom. The molecule has 0 aliphatic carbocycles. The molecule has 0 aliphatic heterocycles. The molecule has 0 atom stereocenters. The van der Waals surface area contributed by atoms with Crippen LogP contribution in [0, 0.1) is 0 Å². The number of amides is 1. The van der Waals surface area contributed by atoms with Crippen molar-refractivity contribution in [1.82, 2.24) is 10.3 Å². The zero-order chi connectivity index (χ0) is 15.8. The highest BCUT2D eigenvalue weighted by Gasteiger charge is 2.10. The van der Waals surface area contributed by atoms with Crippen LogP contribution in [0.1, 0.15) is 16.1 Å². The first kappa shape index (κ1) is 15.6. The van der Waals surface area contributed by atoms with Gasteiger partial charge in [-0.1, -0.05) is 12.1 Å². The fraction of sp³-hybridized carbons (Fsp3) is 0.250. The summed E-state index contributed by atoms with van der Waals surface area (Å²) >= 11 is 0. The number of H-pyrrole nitrogens is 1. The largest absolute Gasteiger partial charge is 0.497 e. The van der Waals surface area contributed by atoms with Crippen molar-refractivity contribution < 1.29 is 19.1 Å². The number of aromatic amines is 1. The molecule has 0 fully saturated rings. The first-order chi connectivity index (χ1) is 10.7. The van der Waals surface area contributed by atoms with Gasteiger partial charge in [-0.15, -0.1) is 0 Å². The molecule has 2 rings (SSSR count). The molecule has 1 aromatic heterocycles. The van der Waals surface area contributed by atoms with Crippen molar-refractivity contribution in [3.63, 3.8) is 0 Å². The molecule has 2 aromatic rings. The monoisotopic (exact) mass is 302 g/mol. The van der Waals surface area contributed by atoms with Gasteiger partial charge in [0.15, 0.2) is 6.61 Å². The van der Waals surface area contributed by atoms with Crippen molar-refractivity contribution in [3.8, 4) is 5.75 Å². The number of carbonyl (C=O) groups excluding carboxylic acids is 2. The van der Waals surface area contributed by atoms with Crippen molar-refractivity contribution in [3.05, 3.63) is 53.9 Å². The molecule has 0 unspecified atom stereocenters. The van der Waals surface area contributed by atoms with Gasteiger partial charge in [-0.2, -0.15) is 0 Å². The van der Waals surface area contributed by atoms with Crippen LogP contribution in [0.4, 0.5) is 0 Å². The summed E-state index contributed by atoms with van der Waals surface area (Å²) in [5, 5.41) is 2.70. The van der Waals surface area contributed by atoms with Crippen LogP contribution in [0.3, 0.4) is 0 Å². The zero-order valence-electron chi connectivity index (χ0n) is 12.3. The molecular formula is C16H18N2O4. The normalized spacial score (nSPS) is 10.0. The van der Waals surface area contributed by atoms with E-state index in [1.165, 1.54) is 0 Å². The summed E-state index contributed by atoms with van der Waals surface area (Å²) in [5.41, 5.74) is 1.41. The van der Waals surface area contributed by atoms with E-state index in [2.05, 4.69) is 10.3 Å². The van der Waals surface area contributed by atoms with E-state index < -0.39 is 5.97 Å². The summed E-state index contributed by atoms with van der Waals surface area (Å²) in [4.78, 5) is 25.8. The molecule has 0 saturated carbocycles. The van der Waals surface area contributed by atoms with E-state index >= 15 is 0 Å². The third-order valence-corrected chi connectivity index (χ3v) is 3.05. The third kappa shape index (κ3) is 4.66. The lowest BCUT2D eigenvalue weighted by atomic mass is 10.1. The number of aromatic nitrogens is 1. The molecular weight excluding hydrogens is 284 g/mol. The van der Waals surface area contributed by atoms with E-state index in [4.69, 9.17) is 9.47 Å². The summed E-state index contributed by atoms with van der Waals surface area (Å²) in [7, 11) is 1.61. The van der Waals surface area contributed by atoms with Crippen LogP contribution in [0.15, 0.2) is 42.6 Å². The first-order valence-electron chi connectivity index (χ1n) is 6.89. The van der Waals surface area contributed by atoms with Gasteiger partial charge in [0.05, 0.1) is 7.11 Å². The maximum absolute atomic E-state index is 11.6. The molecule has 22 heavy (non-hydrogen) atoms. The Labute approximate surface area is 128 Å². The van der Waals surface area contributed by atoms with Crippen molar-refractivity contribution in [2.45, 2.75) is 6.42 Å². The van der Waals surface area contributed by atoms with Gasteiger partial charge in [0.25, 0.3) is 5.91 Å². The van der Waals surface area contributed by atoms with Gasteiger partial charge >= 0.3 is 5.97 Å². The van der Waals surface area contributed by atoms with E-state index in [-0.39, 0.29) is 12.5 Å².